The average molecular weight is 594 g/mol. The number of hydrogen-bond donors (Lipinski definition) is 1. The number of unbranched alkanes of at least 4 members (excludes halogenated alkanes) is 12. The van der Waals surface area contributed by atoms with Gasteiger partial charge in [0.05, 0.1) is 40.5 Å². The molecule has 0 heterocycles. The maximum atomic E-state index is 12.3. The third kappa shape index (κ3) is 26.7. The molecule has 0 aromatic heterocycles. The number of carbonyl (C=O) groups excluding carboxylic acids is 2. The third-order valence-electron chi connectivity index (χ3n) is 6.49. The van der Waals surface area contributed by atoms with Crippen LogP contribution in [0.25, 0.3) is 0 Å². The molecule has 1 N–H and O–H groups in total. The van der Waals surface area contributed by atoms with Gasteiger partial charge in [0.25, 0.3) is 0 Å². The minimum Gasteiger partial charge on any atom is -0.778 e. The molecule has 11 heteroatoms. The standard InChI is InChI=1S/C29H56NO9P/c1-5-6-7-8-9-10-11-12-13-14-15-16-17-20-28(33)37-24-26(39-29(34)21-18-19-27(31)32)25-38-40(35,36)23-22-30(2,3)4/h26H,5-25H2,1-4H3,(H-,31,32,35,36). The van der Waals surface area contributed by atoms with E-state index in [4.69, 9.17) is 19.1 Å². The number of ether oxygens (including phenoxy) is 2. The minimum atomic E-state index is -4.19. The summed E-state index contributed by atoms with van der Waals surface area (Å²) < 4.78 is 28.3. The van der Waals surface area contributed by atoms with Crippen molar-refractivity contribution in [2.75, 3.05) is 47.1 Å². The first-order valence-electron chi connectivity index (χ1n) is 15.2. The van der Waals surface area contributed by atoms with Gasteiger partial charge in [0.1, 0.15) is 14.2 Å². The highest BCUT2D eigenvalue weighted by Crippen LogP contribution is 2.37. The van der Waals surface area contributed by atoms with Crippen LogP contribution in [0, 0.1) is 0 Å². The van der Waals surface area contributed by atoms with Gasteiger partial charge in [0.15, 0.2) is 6.10 Å². The Labute approximate surface area is 242 Å². The Morgan fingerprint density at radius 1 is 0.750 bits per heavy atom. The van der Waals surface area contributed by atoms with Gasteiger partial charge in [-0.15, -0.1) is 0 Å². The van der Waals surface area contributed by atoms with E-state index in [1.54, 1.807) is 0 Å². The number of carboxylic acid groups (broad SMARTS) is 1. The van der Waals surface area contributed by atoms with Crippen molar-refractivity contribution >= 4 is 25.5 Å². The van der Waals surface area contributed by atoms with Crippen LogP contribution in [0.15, 0.2) is 0 Å². The third-order valence-corrected chi connectivity index (χ3v) is 7.78. The van der Waals surface area contributed by atoms with Crippen LogP contribution in [0.4, 0.5) is 0 Å². The Balaban J connectivity index is 4.31. The van der Waals surface area contributed by atoms with E-state index in [2.05, 4.69) is 6.92 Å². The average Bonchev–Trinajstić information content (AvgIpc) is 2.86. The largest absolute Gasteiger partial charge is 0.778 e. The van der Waals surface area contributed by atoms with Crippen molar-refractivity contribution < 1.29 is 47.4 Å². The zero-order valence-electron chi connectivity index (χ0n) is 25.5. The SMILES string of the molecule is CCCCCCCCCCCCCCCC(=O)OCC(COP(=O)([O-])CC[N+](C)(C)C)OC(=O)CCCC(=O)O. The fraction of sp³-hybridized carbons (Fsp3) is 0.897. The summed E-state index contributed by atoms with van der Waals surface area (Å²) in [5.41, 5.74) is 0. The molecular weight excluding hydrogens is 537 g/mol. The fourth-order valence-electron chi connectivity index (χ4n) is 3.97. The molecule has 0 rings (SSSR count). The molecule has 2 unspecified atom stereocenters. The van der Waals surface area contributed by atoms with Crippen molar-refractivity contribution in [3.05, 3.63) is 0 Å². The van der Waals surface area contributed by atoms with E-state index in [1.807, 2.05) is 21.1 Å². The smallest absolute Gasteiger partial charge is 0.306 e. The van der Waals surface area contributed by atoms with Crippen molar-refractivity contribution in [2.24, 2.45) is 0 Å². The van der Waals surface area contributed by atoms with Crippen molar-refractivity contribution in [3.63, 3.8) is 0 Å². The Morgan fingerprint density at radius 2 is 1.25 bits per heavy atom. The van der Waals surface area contributed by atoms with Gasteiger partial charge in [-0.25, -0.2) is 0 Å². The lowest BCUT2D eigenvalue weighted by molar-refractivity contribution is -0.868. The molecule has 0 aliphatic rings. The van der Waals surface area contributed by atoms with E-state index in [-0.39, 0.29) is 38.5 Å². The van der Waals surface area contributed by atoms with Crippen LogP contribution in [0.2, 0.25) is 0 Å². The van der Waals surface area contributed by atoms with E-state index < -0.39 is 38.2 Å². The first kappa shape index (κ1) is 38.5. The first-order chi connectivity index (χ1) is 18.8. The molecular formula is C29H56NO9P. The maximum Gasteiger partial charge on any atom is 0.306 e. The predicted octanol–water partition coefficient (Wildman–Crippen LogP) is 5.45. The van der Waals surface area contributed by atoms with Gasteiger partial charge in [-0.2, -0.15) is 0 Å². The number of quaternary nitrogens is 1. The molecule has 0 spiro atoms. The quantitative estimate of drug-likeness (QED) is 0.0570. The predicted molar refractivity (Wildman–Crippen MR) is 154 cm³/mol. The molecule has 10 nitrogen and oxygen atoms in total. The molecule has 0 fully saturated rings. The number of carboxylic acids is 1. The summed E-state index contributed by atoms with van der Waals surface area (Å²) in [6, 6.07) is 0. The molecule has 0 aliphatic carbocycles. The van der Waals surface area contributed by atoms with Crippen molar-refractivity contribution in [1.82, 2.24) is 0 Å². The molecule has 0 bridgehead atoms. The van der Waals surface area contributed by atoms with Crippen molar-refractivity contribution in [1.29, 1.82) is 0 Å². The second-order valence-electron chi connectivity index (χ2n) is 11.7. The Hall–Kier alpha value is -1.48. The normalized spacial score (nSPS) is 13.9. The van der Waals surface area contributed by atoms with E-state index >= 15 is 0 Å². The van der Waals surface area contributed by atoms with Gasteiger partial charge in [-0.3, -0.25) is 14.4 Å². The number of rotatable bonds is 27. The van der Waals surface area contributed by atoms with Crippen molar-refractivity contribution in [2.45, 2.75) is 122 Å². The van der Waals surface area contributed by atoms with Crippen LogP contribution in [-0.2, 0) is 32.9 Å². The lowest BCUT2D eigenvalue weighted by Gasteiger charge is -2.30. The topological polar surface area (TPSA) is 139 Å². The molecule has 0 amide bonds. The zero-order chi connectivity index (χ0) is 30.3. The molecule has 2 atom stereocenters. The summed E-state index contributed by atoms with van der Waals surface area (Å²) in [4.78, 5) is 47.3. The van der Waals surface area contributed by atoms with Crippen LogP contribution in [0.3, 0.4) is 0 Å². The van der Waals surface area contributed by atoms with Gasteiger partial charge in [0, 0.05) is 19.3 Å². The Bertz CT molecular complexity index is 740. The van der Waals surface area contributed by atoms with Crippen LogP contribution in [0.1, 0.15) is 116 Å². The summed E-state index contributed by atoms with van der Waals surface area (Å²) >= 11 is 0. The monoisotopic (exact) mass is 593 g/mol. The van der Waals surface area contributed by atoms with Crippen LogP contribution >= 0.6 is 7.60 Å². The summed E-state index contributed by atoms with van der Waals surface area (Å²) in [6.07, 6.45) is 14.3. The number of nitrogens with zero attached hydrogens (tertiary/aromatic N) is 1. The van der Waals surface area contributed by atoms with E-state index in [0.717, 1.165) is 19.3 Å². The first-order valence-corrected chi connectivity index (χ1v) is 16.9. The van der Waals surface area contributed by atoms with Crippen LogP contribution in [-0.4, -0.2) is 80.7 Å². The van der Waals surface area contributed by atoms with E-state index in [9.17, 15) is 23.8 Å². The molecule has 0 radical (unpaired) electrons. The molecule has 0 saturated carbocycles. The molecule has 40 heavy (non-hydrogen) atoms. The van der Waals surface area contributed by atoms with Gasteiger partial charge in [0.2, 0.25) is 0 Å². The molecule has 0 aromatic carbocycles. The Morgan fingerprint density at radius 3 is 1.75 bits per heavy atom. The van der Waals surface area contributed by atoms with E-state index in [0.29, 0.717) is 17.4 Å². The zero-order valence-corrected chi connectivity index (χ0v) is 26.4. The van der Waals surface area contributed by atoms with Crippen LogP contribution < -0.4 is 4.89 Å². The van der Waals surface area contributed by atoms with Gasteiger partial charge in [-0.1, -0.05) is 84.0 Å². The lowest BCUT2D eigenvalue weighted by atomic mass is 10.0. The molecule has 0 aromatic rings. The second-order valence-corrected chi connectivity index (χ2v) is 13.6. The minimum absolute atomic E-state index is 0.0874. The number of carbonyl (C=O) groups is 3. The van der Waals surface area contributed by atoms with Crippen LogP contribution in [0.5, 0.6) is 0 Å². The summed E-state index contributed by atoms with van der Waals surface area (Å²) in [7, 11) is 1.39. The van der Waals surface area contributed by atoms with Crippen molar-refractivity contribution in [3.8, 4) is 0 Å². The van der Waals surface area contributed by atoms with Gasteiger partial charge < -0.3 is 33.0 Å². The molecule has 0 saturated heterocycles. The Kier molecular flexibility index (Phi) is 22.3. The fourth-order valence-corrected chi connectivity index (χ4v) is 5.34. The molecule has 236 valence electrons. The van der Waals surface area contributed by atoms with Gasteiger partial charge >= 0.3 is 17.9 Å². The lowest BCUT2D eigenvalue weighted by Crippen LogP contribution is -2.38. The summed E-state index contributed by atoms with van der Waals surface area (Å²) in [6.45, 7) is 1.79. The highest BCUT2D eigenvalue weighted by atomic mass is 31.2. The van der Waals surface area contributed by atoms with E-state index in [1.165, 1.54) is 57.8 Å². The highest BCUT2D eigenvalue weighted by molar-refractivity contribution is 7.51. The number of aliphatic carboxylic acids is 1. The molecule has 0 aliphatic heterocycles. The highest BCUT2D eigenvalue weighted by Gasteiger charge is 2.22. The number of esters is 2. The summed E-state index contributed by atoms with van der Waals surface area (Å²) in [5, 5.41) is 8.73. The van der Waals surface area contributed by atoms with Gasteiger partial charge in [-0.05, 0) is 12.8 Å². The second kappa shape index (κ2) is 23.1. The number of hydrogen-bond acceptors (Lipinski definition) is 8. The maximum absolute atomic E-state index is 12.3. The summed E-state index contributed by atoms with van der Waals surface area (Å²) in [5.74, 6) is -2.17.